The summed E-state index contributed by atoms with van der Waals surface area (Å²) in [5.41, 5.74) is -0.0197. The van der Waals surface area contributed by atoms with Crippen molar-refractivity contribution in [2.45, 2.75) is 20.3 Å². The van der Waals surface area contributed by atoms with Crippen LogP contribution in [0.3, 0.4) is 0 Å². The molecule has 2 nitrogen and oxygen atoms in total. The van der Waals surface area contributed by atoms with Crippen LogP contribution in [-0.4, -0.2) is 13.1 Å². The first-order valence-corrected chi connectivity index (χ1v) is 3.80. The van der Waals surface area contributed by atoms with Crippen LogP contribution in [0.5, 0.6) is 0 Å². The van der Waals surface area contributed by atoms with Crippen LogP contribution in [0.15, 0.2) is 0 Å². The van der Waals surface area contributed by atoms with Gasteiger partial charge in [0.1, 0.15) is 0 Å². The van der Waals surface area contributed by atoms with Gasteiger partial charge in [-0.05, 0) is 12.3 Å². The van der Waals surface area contributed by atoms with Crippen LogP contribution in [-0.2, 0) is 0 Å². The number of rotatable bonds is 2. The van der Waals surface area contributed by atoms with E-state index in [-0.39, 0.29) is 5.41 Å². The van der Waals surface area contributed by atoms with Crippen LogP contribution in [0, 0.1) is 22.7 Å². The standard InChI is InChI=1S/C8H14N2/c1-7(2)3-8(4-9)5-10-6-8/h7,10H,3,5-6H2,1-2H3. The van der Waals surface area contributed by atoms with E-state index in [9.17, 15) is 0 Å². The summed E-state index contributed by atoms with van der Waals surface area (Å²) in [6.45, 7) is 6.11. The molecular weight excluding hydrogens is 124 g/mol. The first kappa shape index (κ1) is 7.56. The summed E-state index contributed by atoms with van der Waals surface area (Å²) < 4.78 is 0. The monoisotopic (exact) mass is 138 g/mol. The highest BCUT2D eigenvalue weighted by atomic mass is 15.0. The Balaban J connectivity index is 2.43. The molecule has 0 saturated carbocycles. The largest absolute Gasteiger partial charge is 0.313 e. The molecular formula is C8H14N2. The van der Waals surface area contributed by atoms with Crippen molar-refractivity contribution in [3.63, 3.8) is 0 Å². The Morgan fingerprint density at radius 2 is 2.20 bits per heavy atom. The second-order valence-corrected chi connectivity index (χ2v) is 3.59. The lowest BCUT2D eigenvalue weighted by molar-refractivity contribution is 0.204. The zero-order valence-corrected chi connectivity index (χ0v) is 6.65. The first-order chi connectivity index (χ1) is 4.68. The Kier molecular flexibility index (Phi) is 1.96. The van der Waals surface area contributed by atoms with Gasteiger partial charge in [-0.2, -0.15) is 5.26 Å². The van der Waals surface area contributed by atoms with Crippen molar-refractivity contribution in [3.05, 3.63) is 0 Å². The third-order valence-corrected chi connectivity index (χ3v) is 1.96. The summed E-state index contributed by atoms with van der Waals surface area (Å²) in [6.07, 6.45) is 1.04. The minimum atomic E-state index is -0.0197. The molecule has 0 unspecified atom stereocenters. The molecule has 0 aromatic carbocycles. The fourth-order valence-corrected chi connectivity index (χ4v) is 1.48. The molecule has 1 saturated heterocycles. The summed E-state index contributed by atoms with van der Waals surface area (Å²) in [7, 11) is 0. The summed E-state index contributed by atoms with van der Waals surface area (Å²) >= 11 is 0. The number of hydrogen-bond donors (Lipinski definition) is 1. The van der Waals surface area contributed by atoms with E-state index in [0.29, 0.717) is 5.92 Å². The van der Waals surface area contributed by atoms with Gasteiger partial charge >= 0.3 is 0 Å². The van der Waals surface area contributed by atoms with E-state index in [2.05, 4.69) is 25.2 Å². The number of nitriles is 1. The highest BCUT2D eigenvalue weighted by Gasteiger charge is 2.37. The van der Waals surface area contributed by atoms with E-state index in [0.717, 1.165) is 19.5 Å². The Hall–Kier alpha value is -0.550. The van der Waals surface area contributed by atoms with Gasteiger partial charge < -0.3 is 5.32 Å². The summed E-state index contributed by atoms with van der Waals surface area (Å²) in [5.74, 6) is 0.641. The maximum Gasteiger partial charge on any atom is 0.0824 e. The van der Waals surface area contributed by atoms with Gasteiger partial charge in [0, 0.05) is 13.1 Å². The second kappa shape index (κ2) is 2.59. The maximum atomic E-state index is 8.80. The Bertz CT molecular complexity index is 151. The summed E-state index contributed by atoms with van der Waals surface area (Å²) in [6, 6.07) is 2.38. The average Bonchev–Trinajstić information content (AvgIpc) is 1.78. The Morgan fingerprint density at radius 3 is 2.30 bits per heavy atom. The second-order valence-electron chi connectivity index (χ2n) is 3.59. The van der Waals surface area contributed by atoms with Crippen molar-refractivity contribution < 1.29 is 0 Å². The summed E-state index contributed by atoms with van der Waals surface area (Å²) in [5, 5.41) is 11.9. The van der Waals surface area contributed by atoms with Crippen LogP contribution >= 0.6 is 0 Å². The Labute approximate surface area is 62.2 Å². The van der Waals surface area contributed by atoms with Crippen LogP contribution in [0.25, 0.3) is 0 Å². The molecule has 0 radical (unpaired) electrons. The average molecular weight is 138 g/mol. The van der Waals surface area contributed by atoms with E-state index >= 15 is 0 Å². The molecule has 1 aliphatic heterocycles. The molecule has 2 heteroatoms. The molecule has 1 rings (SSSR count). The van der Waals surface area contributed by atoms with Crippen molar-refractivity contribution in [2.24, 2.45) is 11.3 Å². The summed E-state index contributed by atoms with van der Waals surface area (Å²) in [4.78, 5) is 0. The van der Waals surface area contributed by atoms with E-state index in [4.69, 9.17) is 5.26 Å². The van der Waals surface area contributed by atoms with Gasteiger partial charge in [0.2, 0.25) is 0 Å². The molecule has 0 aromatic rings. The highest BCUT2D eigenvalue weighted by Crippen LogP contribution is 2.29. The molecule has 0 aromatic heterocycles. The molecule has 1 N–H and O–H groups in total. The van der Waals surface area contributed by atoms with Gasteiger partial charge in [-0.25, -0.2) is 0 Å². The highest BCUT2D eigenvalue weighted by molar-refractivity contribution is 5.08. The van der Waals surface area contributed by atoms with Crippen molar-refractivity contribution in [1.82, 2.24) is 5.32 Å². The molecule has 1 fully saturated rings. The normalized spacial score (nSPS) is 21.8. The van der Waals surface area contributed by atoms with Crippen molar-refractivity contribution in [2.75, 3.05) is 13.1 Å². The van der Waals surface area contributed by atoms with Gasteiger partial charge in [-0.15, -0.1) is 0 Å². The molecule has 0 amide bonds. The van der Waals surface area contributed by atoms with E-state index < -0.39 is 0 Å². The zero-order valence-electron chi connectivity index (χ0n) is 6.65. The van der Waals surface area contributed by atoms with Gasteiger partial charge in [-0.3, -0.25) is 0 Å². The minimum absolute atomic E-state index is 0.0197. The van der Waals surface area contributed by atoms with Gasteiger partial charge in [0.25, 0.3) is 0 Å². The lowest BCUT2D eigenvalue weighted by Gasteiger charge is -2.37. The maximum absolute atomic E-state index is 8.80. The predicted octanol–water partition coefficient (Wildman–Crippen LogP) is 1.15. The van der Waals surface area contributed by atoms with Gasteiger partial charge in [0.15, 0.2) is 0 Å². The zero-order chi connectivity index (χ0) is 7.61. The van der Waals surface area contributed by atoms with Crippen LogP contribution < -0.4 is 5.32 Å². The van der Waals surface area contributed by atoms with Crippen LogP contribution in [0.4, 0.5) is 0 Å². The van der Waals surface area contributed by atoms with E-state index in [1.165, 1.54) is 0 Å². The molecule has 56 valence electrons. The smallest absolute Gasteiger partial charge is 0.0824 e. The SMILES string of the molecule is CC(C)CC1(C#N)CNC1. The number of nitrogens with one attached hydrogen (secondary N) is 1. The topological polar surface area (TPSA) is 35.8 Å². The quantitative estimate of drug-likeness (QED) is 0.621. The number of nitrogens with zero attached hydrogens (tertiary/aromatic N) is 1. The van der Waals surface area contributed by atoms with Crippen molar-refractivity contribution in [1.29, 1.82) is 5.26 Å². The predicted molar refractivity (Wildman–Crippen MR) is 40.4 cm³/mol. The van der Waals surface area contributed by atoms with Gasteiger partial charge in [-0.1, -0.05) is 13.8 Å². The first-order valence-electron chi connectivity index (χ1n) is 3.80. The molecule has 0 atom stereocenters. The molecule has 0 aliphatic carbocycles. The van der Waals surface area contributed by atoms with Crippen LogP contribution in [0.2, 0.25) is 0 Å². The number of hydrogen-bond acceptors (Lipinski definition) is 2. The van der Waals surface area contributed by atoms with E-state index in [1.54, 1.807) is 0 Å². The molecule has 10 heavy (non-hydrogen) atoms. The molecule has 1 heterocycles. The van der Waals surface area contributed by atoms with E-state index in [1.807, 2.05) is 0 Å². The van der Waals surface area contributed by atoms with Crippen LogP contribution in [0.1, 0.15) is 20.3 Å². The molecule has 1 aliphatic rings. The van der Waals surface area contributed by atoms with Crippen molar-refractivity contribution in [3.8, 4) is 6.07 Å². The van der Waals surface area contributed by atoms with Crippen molar-refractivity contribution >= 4 is 0 Å². The lowest BCUT2D eigenvalue weighted by Crippen LogP contribution is -2.53. The minimum Gasteiger partial charge on any atom is -0.313 e. The van der Waals surface area contributed by atoms with Gasteiger partial charge in [0.05, 0.1) is 11.5 Å². The third-order valence-electron chi connectivity index (χ3n) is 1.96. The third kappa shape index (κ3) is 1.30. The lowest BCUT2D eigenvalue weighted by atomic mass is 9.76. The molecule has 0 spiro atoms. The fourth-order valence-electron chi connectivity index (χ4n) is 1.48. The fraction of sp³-hybridized carbons (Fsp3) is 0.875. The Morgan fingerprint density at radius 1 is 1.60 bits per heavy atom. The molecule has 0 bridgehead atoms.